The first-order chi connectivity index (χ1) is 16.2. The standard InChI is InChI=1S/C24H23F3N4O3/c25-24(26,27)16-4-1-3-14(11-16)15-6-7-18-17(12-15)22(33)31-10-9-30(13-20(31)21(32)29-18)23(34)19-5-2-8-28-19/h1,3-4,6-7,11-12,19-20,28H,2,5,8-10,13H2,(H,29,32). The minimum atomic E-state index is -4.48. The van der Waals surface area contributed by atoms with Gasteiger partial charge in [-0.1, -0.05) is 18.2 Å². The molecule has 2 unspecified atom stereocenters. The molecule has 5 rings (SSSR count). The fourth-order valence-electron chi connectivity index (χ4n) is 4.82. The van der Waals surface area contributed by atoms with Crippen LogP contribution >= 0.6 is 0 Å². The maximum Gasteiger partial charge on any atom is 0.416 e. The number of alkyl halides is 3. The van der Waals surface area contributed by atoms with Crippen LogP contribution in [0.2, 0.25) is 0 Å². The van der Waals surface area contributed by atoms with E-state index in [0.29, 0.717) is 23.4 Å². The second-order valence-corrected chi connectivity index (χ2v) is 8.78. The smallest absolute Gasteiger partial charge is 0.337 e. The van der Waals surface area contributed by atoms with E-state index >= 15 is 0 Å². The number of nitrogens with zero attached hydrogens (tertiary/aromatic N) is 2. The van der Waals surface area contributed by atoms with Crippen LogP contribution in [0.3, 0.4) is 0 Å². The van der Waals surface area contributed by atoms with Crippen molar-refractivity contribution in [3.8, 4) is 11.1 Å². The summed E-state index contributed by atoms with van der Waals surface area (Å²) >= 11 is 0. The highest BCUT2D eigenvalue weighted by atomic mass is 19.4. The maximum absolute atomic E-state index is 13.4. The normalized spacial score (nSPS) is 22.7. The van der Waals surface area contributed by atoms with E-state index in [4.69, 9.17) is 0 Å². The van der Waals surface area contributed by atoms with Gasteiger partial charge in [-0.2, -0.15) is 13.2 Å². The van der Waals surface area contributed by atoms with Gasteiger partial charge in [0.15, 0.2) is 0 Å². The van der Waals surface area contributed by atoms with Gasteiger partial charge in [0, 0.05) is 13.1 Å². The number of amides is 3. The van der Waals surface area contributed by atoms with Gasteiger partial charge in [-0.3, -0.25) is 14.4 Å². The number of halogens is 3. The Labute approximate surface area is 193 Å². The number of anilines is 1. The third-order valence-corrected chi connectivity index (χ3v) is 6.65. The summed E-state index contributed by atoms with van der Waals surface area (Å²) in [6, 6.07) is 8.41. The Morgan fingerprint density at radius 3 is 2.56 bits per heavy atom. The molecule has 34 heavy (non-hydrogen) atoms. The summed E-state index contributed by atoms with van der Waals surface area (Å²) in [5.41, 5.74) is 0.486. The fourth-order valence-corrected chi connectivity index (χ4v) is 4.82. The number of piperazine rings is 1. The van der Waals surface area contributed by atoms with Crippen LogP contribution in [0.15, 0.2) is 42.5 Å². The minimum Gasteiger partial charge on any atom is -0.337 e. The van der Waals surface area contributed by atoms with Gasteiger partial charge in [0.05, 0.1) is 29.4 Å². The highest BCUT2D eigenvalue weighted by molar-refractivity contribution is 6.10. The molecule has 178 valence electrons. The van der Waals surface area contributed by atoms with Gasteiger partial charge in [0.1, 0.15) is 6.04 Å². The summed E-state index contributed by atoms with van der Waals surface area (Å²) in [5.74, 6) is -0.847. The molecule has 0 saturated carbocycles. The third-order valence-electron chi connectivity index (χ3n) is 6.65. The molecule has 3 aliphatic heterocycles. The van der Waals surface area contributed by atoms with Crippen LogP contribution < -0.4 is 10.6 Å². The SMILES string of the molecule is O=C1Nc2ccc(-c3cccc(C(F)(F)F)c3)cc2C(=O)N2CCN(C(=O)C3CCCN3)CC12. The number of hydrogen-bond donors (Lipinski definition) is 2. The van der Waals surface area contributed by atoms with E-state index in [1.54, 1.807) is 17.0 Å². The highest BCUT2D eigenvalue weighted by Gasteiger charge is 2.41. The number of carbonyl (C=O) groups is 3. The summed E-state index contributed by atoms with van der Waals surface area (Å²) in [6.45, 7) is 1.39. The Kier molecular flexibility index (Phi) is 5.55. The molecule has 3 aliphatic rings. The lowest BCUT2D eigenvalue weighted by atomic mass is 9.99. The fraction of sp³-hybridized carbons (Fsp3) is 0.375. The van der Waals surface area contributed by atoms with Crippen LogP contribution in [-0.2, 0) is 15.8 Å². The molecule has 2 aromatic rings. The summed E-state index contributed by atoms with van der Waals surface area (Å²) < 4.78 is 39.4. The van der Waals surface area contributed by atoms with Crippen molar-refractivity contribution in [1.29, 1.82) is 0 Å². The van der Waals surface area contributed by atoms with Crippen molar-refractivity contribution in [2.45, 2.75) is 31.1 Å². The first kappa shape index (κ1) is 22.4. The molecule has 3 heterocycles. The zero-order valence-electron chi connectivity index (χ0n) is 18.2. The third kappa shape index (κ3) is 4.02. The molecule has 0 bridgehead atoms. The molecule has 0 aromatic heterocycles. The van der Waals surface area contributed by atoms with E-state index in [1.807, 2.05) is 0 Å². The molecular weight excluding hydrogens is 449 g/mol. The second kappa shape index (κ2) is 8.43. The average Bonchev–Trinajstić information content (AvgIpc) is 3.34. The number of fused-ring (bicyclic) bond motifs is 2. The molecule has 0 spiro atoms. The van der Waals surface area contributed by atoms with Crippen LogP contribution in [-0.4, -0.2) is 65.8 Å². The largest absolute Gasteiger partial charge is 0.416 e. The monoisotopic (exact) mass is 472 g/mol. The van der Waals surface area contributed by atoms with Crippen LogP contribution in [0.5, 0.6) is 0 Å². The molecule has 2 atom stereocenters. The first-order valence-electron chi connectivity index (χ1n) is 11.2. The van der Waals surface area contributed by atoms with Crippen molar-refractivity contribution in [2.75, 3.05) is 31.5 Å². The van der Waals surface area contributed by atoms with Gasteiger partial charge in [-0.05, 0) is 54.8 Å². The van der Waals surface area contributed by atoms with Crippen LogP contribution in [0.4, 0.5) is 18.9 Å². The Hall–Kier alpha value is -3.40. The van der Waals surface area contributed by atoms with Gasteiger partial charge >= 0.3 is 6.18 Å². The Morgan fingerprint density at radius 2 is 1.82 bits per heavy atom. The van der Waals surface area contributed by atoms with Crippen LogP contribution in [0.25, 0.3) is 11.1 Å². The predicted octanol–water partition coefficient (Wildman–Crippen LogP) is 2.73. The van der Waals surface area contributed by atoms with Crippen molar-refractivity contribution >= 4 is 23.4 Å². The highest BCUT2D eigenvalue weighted by Crippen LogP contribution is 2.34. The maximum atomic E-state index is 13.4. The molecule has 0 aliphatic carbocycles. The molecular formula is C24H23F3N4O3. The molecule has 7 nitrogen and oxygen atoms in total. The van der Waals surface area contributed by atoms with Gasteiger partial charge in [-0.15, -0.1) is 0 Å². The predicted molar refractivity (Wildman–Crippen MR) is 118 cm³/mol. The van der Waals surface area contributed by atoms with Crippen molar-refractivity contribution in [1.82, 2.24) is 15.1 Å². The summed E-state index contributed by atoms with van der Waals surface area (Å²) in [7, 11) is 0. The Morgan fingerprint density at radius 1 is 1.03 bits per heavy atom. The summed E-state index contributed by atoms with van der Waals surface area (Å²) in [5, 5.41) is 5.92. The lowest BCUT2D eigenvalue weighted by Gasteiger charge is -2.40. The van der Waals surface area contributed by atoms with Crippen molar-refractivity contribution in [2.24, 2.45) is 0 Å². The number of hydrogen-bond acceptors (Lipinski definition) is 4. The second-order valence-electron chi connectivity index (χ2n) is 8.78. The zero-order chi connectivity index (χ0) is 24.0. The Balaban J connectivity index is 1.42. The van der Waals surface area contributed by atoms with Crippen molar-refractivity contribution < 1.29 is 27.6 Å². The summed E-state index contributed by atoms with van der Waals surface area (Å²) in [4.78, 5) is 42.3. The number of carbonyl (C=O) groups excluding carboxylic acids is 3. The van der Waals surface area contributed by atoms with Crippen LogP contribution in [0, 0.1) is 0 Å². The van der Waals surface area contributed by atoms with E-state index in [2.05, 4.69) is 10.6 Å². The quantitative estimate of drug-likeness (QED) is 0.705. The molecule has 3 amide bonds. The van der Waals surface area contributed by atoms with Crippen molar-refractivity contribution in [3.05, 3.63) is 53.6 Å². The van der Waals surface area contributed by atoms with E-state index < -0.39 is 29.6 Å². The van der Waals surface area contributed by atoms with E-state index in [9.17, 15) is 27.6 Å². The van der Waals surface area contributed by atoms with E-state index in [1.165, 1.54) is 23.1 Å². The van der Waals surface area contributed by atoms with E-state index in [-0.39, 0.29) is 30.6 Å². The molecule has 2 N–H and O–H groups in total. The Bertz CT molecular complexity index is 1160. The molecule has 2 saturated heterocycles. The number of rotatable bonds is 2. The molecule has 2 fully saturated rings. The zero-order valence-corrected chi connectivity index (χ0v) is 18.2. The molecule has 0 radical (unpaired) electrons. The number of nitrogens with one attached hydrogen (secondary N) is 2. The first-order valence-corrected chi connectivity index (χ1v) is 11.2. The van der Waals surface area contributed by atoms with Gasteiger partial charge in [0.2, 0.25) is 11.8 Å². The lowest BCUT2D eigenvalue weighted by Crippen LogP contribution is -2.61. The van der Waals surface area contributed by atoms with Crippen molar-refractivity contribution in [3.63, 3.8) is 0 Å². The van der Waals surface area contributed by atoms with Gasteiger partial charge in [0.25, 0.3) is 5.91 Å². The van der Waals surface area contributed by atoms with Gasteiger partial charge < -0.3 is 20.4 Å². The van der Waals surface area contributed by atoms with E-state index in [0.717, 1.165) is 31.5 Å². The van der Waals surface area contributed by atoms with Gasteiger partial charge in [-0.25, -0.2) is 0 Å². The topological polar surface area (TPSA) is 81.8 Å². The molecule has 10 heteroatoms. The summed E-state index contributed by atoms with van der Waals surface area (Å²) in [6.07, 6.45) is -2.81. The minimum absolute atomic E-state index is 0.0639. The van der Waals surface area contributed by atoms with Crippen LogP contribution in [0.1, 0.15) is 28.8 Å². The lowest BCUT2D eigenvalue weighted by molar-refractivity contribution is -0.138. The number of benzene rings is 2. The average molecular weight is 472 g/mol. The molecule has 2 aromatic carbocycles.